The summed E-state index contributed by atoms with van der Waals surface area (Å²) in [4.78, 5) is 4.50. The zero-order valence-corrected chi connectivity index (χ0v) is 12.0. The molecule has 2 N–H and O–H groups in total. The Morgan fingerprint density at radius 1 is 1.16 bits per heavy atom. The third-order valence-corrected chi connectivity index (χ3v) is 3.70. The lowest BCUT2D eigenvalue weighted by Crippen LogP contribution is -2.32. The average Bonchev–Trinajstić information content (AvgIpc) is 2.91. The molecule has 2 aromatic rings. The lowest BCUT2D eigenvalue weighted by molar-refractivity contribution is 0.288. The summed E-state index contributed by atoms with van der Waals surface area (Å²) in [5, 5.41) is 4.11. The molecule has 0 saturated heterocycles. The molecule has 0 aliphatic rings. The Hall–Kier alpha value is -1.68. The Labute approximate surface area is 114 Å². The van der Waals surface area contributed by atoms with Crippen LogP contribution in [0.25, 0.3) is 0 Å². The van der Waals surface area contributed by atoms with Gasteiger partial charge in [-0.1, -0.05) is 42.4 Å². The molecule has 0 saturated carbocycles. The first-order chi connectivity index (χ1) is 8.88. The molecular weight excluding hydrogens is 238 g/mol. The summed E-state index contributed by atoms with van der Waals surface area (Å²) in [5.74, 6) is 1.16. The van der Waals surface area contributed by atoms with Gasteiger partial charge in [-0.25, -0.2) is 0 Å². The van der Waals surface area contributed by atoms with Crippen molar-refractivity contribution in [3.63, 3.8) is 0 Å². The number of nitrogens with two attached hydrogens (primary N) is 1. The quantitative estimate of drug-likeness (QED) is 0.916. The highest BCUT2D eigenvalue weighted by atomic mass is 16.5. The number of nitrogens with zero attached hydrogens (tertiary/aromatic N) is 2. The Morgan fingerprint density at radius 2 is 1.79 bits per heavy atom. The van der Waals surface area contributed by atoms with Crippen LogP contribution in [-0.4, -0.2) is 10.1 Å². The fraction of sp³-hybridized carbons (Fsp3) is 0.467. The van der Waals surface area contributed by atoms with Gasteiger partial charge in [-0.3, -0.25) is 0 Å². The summed E-state index contributed by atoms with van der Waals surface area (Å²) in [7, 11) is 0. The van der Waals surface area contributed by atoms with Crippen LogP contribution in [0.15, 0.2) is 34.9 Å². The summed E-state index contributed by atoms with van der Waals surface area (Å²) >= 11 is 0. The molecule has 0 spiro atoms. The van der Waals surface area contributed by atoms with E-state index in [2.05, 4.69) is 36.1 Å². The van der Waals surface area contributed by atoms with Gasteiger partial charge < -0.3 is 10.3 Å². The first kappa shape index (κ1) is 13.7. The number of rotatable bonds is 4. The topological polar surface area (TPSA) is 64.9 Å². The minimum atomic E-state index is -0.571. The Kier molecular flexibility index (Phi) is 3.45. The minimum Gasteiger partial charge on any atom is -0.337 e. The zero-order chi connectivity index (χ0) is 14.1. The maximum Gasteiger partial charge on any atom is 0.246 e. The van der Waals surface area contributed by atoms with Crippen LogP contribution < -0.4 is 5.73 Å². The first-order valence-corrected chi connectivity index (χ1v) is 6.57. The van der Waals surface area contributed by atoms with Crippen LogP contribution in [0, 0.1) is 0 Å². The maximum atomic E-state index is 6.14. The van der Waals surface area contributed by atoms with Crippen LogP contribution >= 0.6 is 0 Å². The molecule has 0 aliphatic carbocycles. The molecule has 2 rings (SSSR count). The van der Waals surface area contributed by atoms with Crippen molar-refractivity contribution in [2.24, 2.45) is 5.73 Å². The van der Waals surface area contributed by atoms with E-state index in [0.717, 1.165) is 12.0 Å². The van der Waals surface area contributed by atoms with Crippen LogP contribution in [0.3, 0.4) is 0 Å². The summed E-state index contributed by atoms with van der Waals surface area (Å²) in [6, 6.07) is 10.2. The van der Waals surface area contributed by atoms with E-state index in [-0.39, 0.29) is 5.41 Å². The smallest absolute Gasteiger partial charge is 0.246 e. The molecule has 0 amide bonds. The molecule has 1 aromatic heterocycles. The second-order valence-corrected chi connectivity index (χ2v) is 5.69. The summed E-state index contributed by atoms with van der Waals surface area (Å²) in [5.41, 5.74) is 6.42. The molecule has 0 bridgehead atoms. The average molecular weight is 259 g/mol. The van der Waals surface area contributed by atoms with Gasteiger partial charge in [0.2, 0.25) is 5.89 Å². The van der Waals surface area contributed by atoms with Crippen molar-refractivity contribution < 1.29 is 4.52 Å². The SMILES string of the molecule is CCC(C)(N)c1nc(C(C)(C)c2ccccc2)no1. The van der Waals surface area contributed by atoms with E-state index in [9.17, 15) is 0 Å². The molecule has 0 fully saturated rings. The monoisotopic (exact) mass is 259 g/mol. The van der Waals surface area contributed by atoms with E-state index in [1.807, 2.05) is 32.0 Å². The highest BCUT2D eigenvalue weighted by molar-refractivity contribution is 5.30. The van der Waals surface area contributed by atoms with Crippen molar-refractivity contribution in [1.29, 1.82) is 0 Å². The van der Waals surface area contributed by atoms with Crippen molar-refractivity contribution in [3.8, 4) is 0 Å². The highest BCUT2D eigenvalue weighted by Crippen LogP contribution is 2.30. The Balaban J connectivity index is 2.38. The molecule has 0 radical (unpaired) electrons. The predicted molar refractivity (Wildman–Crippen MR) is 74.7 cm³/mol. The predicted octanol–water partition coefficient (Wildman–Crippen LogP) is 2.98. The molecule has 1 heterocycles. The van der Waals surface area contributed by atoms with Gasteiger partial charge >= 0.3 is 0 Å². The van der Waals surface area contributed by atoms with E-state index in [1.165, 1.54) is 0 Å². The van der Waals surface area contributed by atoms with Crippen LogP contribution in [-0.2, 0) is 11.0 Å². The third-order valence-electron chi connectivity index (χ3n) is 3.70. The van der Waals surface area contributed by atoms with Gasteiger partial charge in [-0.05, 0) is 32.8 Å². The number of hydrogen-bond donors (Lipinski definition) is 1. The highest BCUT2D eigenvalue weighted by Gasteiger charge is 2.32. The van der Waals surface area contributed by atoms with Gasteiger partial charge in [-0.15, -0.1) is 0 Å². The van der Waals surface area contributed by atoms with Gasteiger partial charge in [-0.2, -0.15) is 4.98 Å². The van der Waals surface area contributed by atoms with E-state index < -0.39 is 5.54 Å². The van der Waals surface area contributed by atoms with E-state index in [4.69, 9.17) is 10.3 Å². The van der Waals surface area contributed by atoms with Crippen molar-refractivity contribution in [3.05, 3.63) is 47.6 Å². The number of benzene rings is 1. The van der Waals surface area contributed by atoms with Crippen LogP contribution in [0.2, 0.25) is 0 Å². The molecule has 0 aliphatic heterocycles. The van der Waals surface area contributed by atoms with Crippen molar-refractivity contribution in [2.45, 2.75) is 45.1 Å². The van der Waals surface area contributed by atoms with Gasteiger partial charge in [0.25, 0.3) is 0 Å². The normalized spacial score (nSPS) is 15.2. The minimum absolute atomic E-state index is 0.299. The van der Waals surface area contributed by atoms with Crippen LogP contribution in [0.5, 0.6) is 0 Å². The molecule has 4 nitrogen and oxygen atoms in total. The Morgan fingerprint density at radius 3 is 2.37 bits per heavy atom. The van der Waals surface area contributed by atoms with Gasteiger partial charge in [0, 0.05) is 0 Å². The molecule has 1 atom stereocenters. The van der Waals surface area contributed by atoms with Gasteiger partial charge in [0.15, 0.2) is 5.82 Å². The van der Waals surface area contributed by atoms with E-state index >= 15 is 0 Å². The van der Waals surface area contributed by atoms with E-state index in [0.29, 0.717) is 11.7 Å². The third kappa shape index (κ3) is 2.54. The molecule has 4 heteroatoms. The summed E-state index contributed by atoms with van der Waals surface area (Å²) in [6.07, 6.45) is 0.750. The van der Waals surface area contributed by atoms with Crippen LogP contribution in [0.4, 0.5) is 0 Å². The maximum absolute atomic E-state index is 6.14. The summed E-state index contributed by atoms with van der Waals surface area (Å²) in [6.45, 7) is 8.07. The fourth-order valence-corrected chi connectivity index (χ4v) is 1.84. The van der Waals surface area contributed by atoms with Gasteiger partial charge in [0.1, 0.15) is 0 Å². The van der Waals surface area contributed by atoms with Crippen molar-refractivity contribution in [2.75, 3.05) is 0 Å². The second-order valence-electron chi connectivity index (χ2n) is 5.69. The summed E-state index contributed by atoms with van der Waals surface area (Å²) < 4.78 is 5.34. The molecule has 1 unspecified atom stereocenters. The molecule has 102 valence electrons. The van der Waals surface area contributed by atoms with Crippen molar-refractivity contribution >= 4 is 0 Å². The van der Waals surface area contributed by atoms with Gasteiger partial charge in [0.05, 0.1) is 11.0 Å². The van der Waals surface area contributed by atoms with E-state index in [1.54, 1.807) is 0 Å². The molecular formula is C15H21N3O. The van der Waals surface area contributed by atoms with Crippen molar-refractivity contribution in [1.82, 2.24) is 10.1 Å². The molecule has 1 aromatic carbocycles. The largest absolute Gasteiger partial charge is 0.337 e. The number of aromatic nitrogens is 2. The zero-order valence-electron chi connectivity index (χ0n) is 12.0. The second kappa shape index (κ2) is 4.78. The molecule has 19 heavy (non-hydrogen) atoms. The van der Waals surface area contributed by atoms with Crippen LogP contribution in [0.1, 0.15) is 51.4 Å². The fourth-order valence-electron chi connectivity index (χ4n) is 1.84. The standard InChI is InChI=1S/C15H21N3O/c1-5-15(4,16)13-17-12(18-19-13)14(2,3)11-9-7-6-8-10-11/h6-10H,5,16H2,1-4H3. The number of hydrogen-bond acceptors (Lipinski definition) is 4. The lowest BCUT2D eigenvalue weighted by atomic mass is 9.84. The lowest BCUT2D eigenvalue weighted by Gasteiger charge is -2.21. The first-order valence-electron chi connectivity index (χ1n) is 6.57. The Bertz CT molecular complexity index is 544.